The molecule has 0 unspecified atom stereocenters. The Balaban J connectivity index is 2.67. The average molecular weight is 239 g/mol. The van der Waals surface area contributed by atoms with E-state index >= 15 is 0 Å². The molecule has 0 spiro atoms. The predicted octanol–water partition coefficient (Wildman–Crippen LogP) is -0.503. The fraction of sp³-hybridized carbons (Fsp3) is 0. The Morgan fingerprint density at radius 2 is 2.06 bits per heavy atom. The highest BCUT2D eigenvalue weighted by molar-refractivity contribution is 7.89. The molecule has 0 atom stereocenters. The van der Waals surface area contributed by atoms with E-state index in [1.807, 2.05) is 0 Å². The lowest BCUT2D eigenvalue weighted by atomic mass is 10.3. The number of nitrogen functional groups attached to an aromatic ring is 1. The number of anilines is 1. The first-order valence-corrected chi connectivity index (χ1v) is 5.83. The lowest BCUT2D eigenvalue weighted by molar-refractivity contribution is 0.598. The van der Waals surface area contributed by atoms with Crippen LogP contribution in [0, 0.1) is 0 Å². The number of benzene rings is 1. The molecule has 1 aromatic heterocycles. The molecule has 0 aliphatic carbocycles. The third-order valence-electron chi connectivity index (χ3n) is 2.02. The lowest BCUT2D eigenvalue weighted by Gasteiger charge is -2.08. The first-order valence-electron chi connectivity index (χ1n) is 4.28. The summed E-state index contributed by atoms with van der Waals surface area (Å²) in [5, 5.41) is 12.4. The molecule has 84 valence electrons. The largest absolute Gasteiger partial charge is 0.396 e. The zero-order chi connectivity index (χ0) is 11.8. The van der Waals surface area contributed by atoms with Gasteiger partial charge in [-0.1, -0.05) is 11.3 Å². The molecule has 0 radical (unpaired) electrons. The van der Waals surface area contributed by atoms with Gasteiger partial charge in [-0.25, -0.2) is 18.2 Å². The SMILES string of the molecule is Nc1c(-n2ccnn2)cccc1S(N)(=O)=O. The molecule has 0 bridgehead atoms. The first-order chi connectivity index (χ1) is 7.50. The van der Waals surface area contributed by atoms with Gasteiger partial charge in [0.1, 0.15) is 4.90 Å². The number of hydrogen-bond acceptors (Lipinski definition) is 5. The second-order valence-corrected chi connectivity index (χ2v) is 4.61. The van der Waals surface area contributed by atoms with Crippen molar-refractivity contribution in [2.45, 2.75) is 4.90 Å². The fourth-order valence-electron chi connectivity index (χ4n) is 1.32. The quantitative estimate of drug-likeness (QED) is 0.685. The monoisotopic (exact) mass is 239 g/mol. The van der Waals surface area contributed by atoms with E-state index in [4.69, 9.17) is 10.9 Å². The number of rotatable bonds is 2. The van der Waals surface area contributed by atoms with Gasteiger partial charge in [0.05, 0.1) is 23.8 Å². The van der Waals surface area contributed by atoms with Gasteiger partial charge in [0.25, 0.3) is 0 Å². The van der Waals surface area contributed by atoms with Crippen molar-refractivity contribution < 1.29 is 8.42 Å². The van der Waals surface area contributed by atoms with Crippen molar-refractivity contribution in [1.82, 2.24) is 15.0 Å². The Hall–Kier alpha value is -1.93. The third-order valence-corrected chi connectivity index (χ3v) is 2.99. The molecule has 2 rings (SSSR count). The summed E-state index contributed by atoms with van der Waals surface area (Å²) in [6.07, 6.45) is 3.02. The molecule has 0 aliphatic rings. The summed E-state index contributed by atoms with van der Waals surface area (Å²) in [6, 6.07) is 4.50. The minimum atomic E-state index is -3.83. The number of hydrogen-bond donors (Lipinski definition) is 2. The molecule has 0 amide bonds. The Kier molecular flexibility index (Phi) is 2.37. The van der Waals surface area contributed by atoms with Crippen LogP contribution in [0.3, 0.4) is 0 Å². The molecule has 0 saturated heterocycles. The fourth-order valence-corrected chi connectivity index (χ4v) is 2.00. The maximum Gasteiger partial charge on any atom is 0.240 e. The van der Waals surface area contributed by atoms with Crippen LogP contribution in [0.15, 0.2) is 35.5 Å². The van der Waals surface area contributed by atoms with Crippen LogP contribution >= 0.6 is 0 Å². The standard InChI is InChI=1S/C8H9N5O2S/c9-8-6(13-5-4-11-12-13)2-1-3-7(8)16(10,14)15/h1-5H,9H2,(H2,10,14,15). The maximum absolute atomic E-state index is 11.2. The van der Waals surface area contributed by atoms with E-state index in [0.29, 0.717) is 5.69 Å². The molecule has 7 nitrogen and oxygen atoms in total. The van der Waals surface area contributed by atoms with Crippen LogP contribution in [0.5, 0.6) is 0 Å². The molecular formula is C8H9N5O2S. The van der Waals surface area contributed by atoms with Crippen molar-refractivity contribution in [1.29, 1.82) is 0 Å². The summed E-state index contributed by atoms with van der Waals surface area (Å²) in [6.45, 7) is 0. The van der Waals surface area contributed by atoms with E-state index < -0.39 is 10.0 Å². The van der Waals surface area contributed by atoms with E-state index in [1.165, 1.54) is 23.0 Å². The van der Waals surface area contributed by atoms with Crippen LogP contribution in [0.1, 0.15) is 0 Å². The van der Waals surface area contributed by atoms with Crippen LogP contribution < -0.4 is 10.9 Å². The minimum absolute atomic E-state index is 0.0514. The predicted molar refractivity (Wildman–Crippen MR) is 57.1 cm³/mol. The summed E-state index contributed by atoms with van der Waals surface area (Å²) >= 11 is 0. The van der Waals surface area contributed by atoms with Gasteiger partial charge in [-0.05, 0) is 12.1 Å². The molecule has 0 fully saturated rings. The molecule has 4 N–H and O–H groups in total. The highest BCUT2D eigenvalue weighted by atomic mass is 32.2. The van der Waals surface area contributed by atoms with Crippen molar-refractivity contribution in [3.63, 3.8) is 0 Å². The number of sulfonamides is 1. The summed E-state index contributed by atoms with van der Waals surface area (Å²) in [7, 11) is -3.83. The van der Waals surface area contributed by atoms with Gasteiger partial charge in [0.2, 0.25) is 10.0 Å². The van der Waals surface area contributed by atoms with E-state index in [-0.39, 0.29) is 10.6 Å². The van der Waals surface area contributed by atoms with Crippen LogP contribution in [0.4, 0.5) is 5.69 Å². The van der Waals surface area contributed by atoms with E-state index in [0.717, 1.165) is 0 Å². The molecule has 2 aromatic rings. The highest BCUT2D eigenvalue weighted by Gasteiger charge is 2.15. The Morgan fingerprint density at radius 1 is 1.31 bits per heavy atom. The van der Waals surface area contributed by atoms with Crippen molar-refractivity contribution >= 4 is 15.7 Å². The van der Waals surface area contributed by atoms with Gasteiger partial charge in [-0.2, -0.15) is 0 Å². The van der Waals surface area contributed by atoms with Gasteiger partial charge in [-0.3, -0.25) is 0 Å². The molecule has 16 heavy (non-hydrogen) atoms. The van der Waals surface area contributed by atoms with E-state index in [1.54, 1.807) is 12.3 Å². The van der Waals surface area contributed by atoms with Gasteiger partial charge >= 0.3 is 0 Å². The molecule has 1 heterocycles. The second-order valence-electron chi connectivity index (χ2n) is 3.08. The highest BCUT2D eigenvalue weighted by Crippen LogP contribution is 2.23. The Bertz CT molecular complexity index is 605. The van der Waals surface area contributed by atoms with Gasteiger partial charge < -0.3 is 5.73 Å². The van der Waals surface area contributed by atoms with Gasteiger partial charge in [-0.15, -0.1) is 5.10 Å². The topological polar surface area (TPSA) is 117 Å². The zero-order valence-electron chi connectivity index (χ0n) is 8.11. The molecular weight excluding hydrogens is 230 g/mol. The first kappa shape index (κ1) is 10.6. The number of primary sulfonamides is 1. The second kappa shape index (κ2) is 3.58. The summed E-state index contributed by atoms with van der Waals surface area (Å²) in [4.78, 5) is -0.125. The normalized spacial score (nSPS) is 11.6. The summed E-state index contributed by atoms with van der Waals surface area (Å²) < 4.78 is 23.8. The van der Waals surface area contributed by atoms with Crippen LogP contribution in [0.2, 0.25) is 0 Å². The minimum Gasteiger partial charge on any atom is -0.396 e. The summed E-state index contributed by atoms with van der Waals surface area (Å²) in [5.74, 6) is 0. The van der Waals surface area contributed by atoms with Gasteiger partial charge in [0, 0.05) is 0 Å². The number of aromatic nitrogens is 3. The van der Waals surface area contributed by atoms with E-state index in [9.17, 15) is 8.42 Å². The smallest absolute Gasteiger partial charge is 0.240 e. The van der Waals surface area contributed by atoms with Gasteiger partial charge in [0.15, 0.2) is 0 Å². The maximum atomic E-state index is 11.2. The Morgan fingerprint density at radius 3 is 2.62 bits per heavy atom. The average Bonchev–Trinajstić information content (AvgIpc) is 2.69. The van der Waals surface area contributed by atoms with Crippen LogP contribution in [-0.4, -0.2) is 23.4 Å². The molecule has 8 heteroatoms. The van der Waals surface area contributed by atoms with Crippen LogP contribution in [-0.2, 0) is 10.0 Å². The van der Waals surface area contributed by atoms with Crippen molar-refractivity contribution in [2.24, 2.45) is 5.14 Å². The third kappa shape index (κ3) is 1.75. The number of nitrogens with two attached hydrogens (primary N) is 2. The van der Waals surface area contributed by atoms with Crippen molar-refractivity contribution in [3.05, 3.63) is 30.6 Å². The lowest BCUT2D eigenvalue weighted by Crippen LogP contribution is -2.15. The molecule has 0 saturated carbocycles. The molecule has 0 aliphatic heterocycles. The number of para-hydroxylation sites is 1. The van der Waals surface area contributed by atoms with Crippen molar-refractivity contribution in [2.75, 3.05) is 5.73 Å². The van der Waals surface area contributed by atoms with Crippen molar-refractivity contribution in [3.8, 4) is 5.69 Å². The molecule has 1 aromatic carbocycles. The van der Waals surface area contributed by atoms with Crippen LogP contribution in [0.25, 0.3) is 5.69 Å². The Labute approximate surface area is 91.7 Å². The number of nitrogens with zero attached hydrogens (tertiary/aromatic N) is 3. The van der Waals surface area contributed by atoms with E-state index in [2.05, 4.69) is 10.3 Å². The summed E-state index contributed by atoms with van der Waals surface area (Å²) in [5.41, 5.74) is 6.18. The zero-order valence-corrected chi connectivity index (χ0v) is 8.92.